The first-order chi connectivity index (χ1) is 9.56. The highest BCUT2D eigenvalue weighted by molar-refractivity contribution is 7.80. The summed E-state index contributed by atoms with van der Waals surface area (Å²) in [6.07, 6.45) is 1.68. The number of thiocarbonyl (C=S) groups is 1. The minimum absolute atomic E-state index is 0.160. The van der Waals surface area contributed by atoms with Crippen molar-refractivity contribution in [3.8, 4) is 11.1 Å². The van der Waals surface area contributed by atoms with Crippen LogP contribution >= 0.6 is 12.2 Å². The highest BCUT2D eigenvalue weighted by Gasteiger charge is 1.99. The van der Waals surface area contributed by atoms with Gasteiger partial charge in [-0.25, -0.2) is 0 Å². The SMILES string of the molecule is Cc1ccc(-c2ccc(C=NNC(N)=S)cc2)cc1C. The summed E-state index contributed by atoms with van der Waals surface area (Å²) in [6.45, 7) is 4.24. The van der Waals surface area contributed by atoms with Crippen LogP contribution in [0.4, 0.5) is 0 Å². The van der Waals surface area contributed by atoms with Gasteiger partial charge < -0.3 is 5.73 Å². The maximum Gasteiger partial charge on any atom is 0.184 e. The number of rotatable bonds is 3. The van der Waals surface area contributed by atoms with Gasteiger partial charge in [0.2, 0.25) is 0 Å². The zero-order valence-electron chi connectivity index (χ0n) is 11.6. The second-order valence-electron chi connectivity index (χ2n) is 4.66. The van der Waals surface area contributed by atoms with Crippen molar-refractivity contribution in [3.63, 3.8) is 0 Å². The van der Waals surface area contributed by atoms with Gasteiger partial charge in [-0.2, -0.15) is 5.10 Å². The van der Waals surface area contributed by atoms with Gasteiger partial charge in [-0.15, -0.1) is 0 Å². The number of aryl methyl sites for hydroxylation is 2. The zero-order valence-corrected chi connectivity index (χ0v) is 12.4. The molecule has 2 aromatic rings. The highest BCUT2D eigenvalue weighted by Crippen LogP contribution is 2.22. The third-order valence-electron chi connectivity index (χ3n) is 3.14. The van der Waals surface area contributed by atoms with Gasteiger partial charge in [0.15, 0.2) is 5.11 Å². The van der Waals surface area contributed by atoms with Crippen molar-refractivity contribution in [1.82, 2.24) is 5.43 Å². The second kappa shape index (κ2) is 6.30. The van der Waals surface area contributed by atoms with E-state index in [0.29, 0.717) is 0 Å². The van der Waals surface area contributed by atoms with Gasteiger partial charge in [0.05, 0.1) is 6.21 Å². The largest absolute Gasteiger partial charge is 0.375 e. The van der Waals surface area contributed by atoms with Crippen molar-refractivity contribution in [3.05, 3.63) is 59.2 Å². The van der Waals surface area contributed by atoms with Crippen molar-refractivity contribution in [2.24, 2.45) is 10.8 Å². The van der Waals surface area contributed by atoms with Crippen LogP contribution in [0.15, 0.2) is 47.6 Å². The van der Waals surface area contributed by atoms with Crippen molar-refractivity contribution in [2.45, 2.75) is 13.8 Å². The van der Waals surface area contributed by atoms with Crippen molar-refractivity contribution in [1.29, 1.82) is 0 Å². The average Bonchev–Trinajstić information content (AvgIpc) is 2.42. The lowest BCUT2D eigenvalue weighted by atomic mass is 10.00. The molecule has 0 aliphatic carbocycles. The molecule has 3 N–H and O–H groups in total. The predicted molar refractivity (Wildman–Crippen MR) is 88.9 cm³/mol. The van der Waals surface area contributed by atoms with Crippen LogP contribution < -0.4 is 11.2 Å². The first-order valence-electron chi connectivity index (χ1n) is 6.32. The Morgan fingerprint density at radius 2 is 1.70 bits per heavy atom. The van der Waals surface area contributed by atoms with E-state index in [1.807, 2.05) is 12.1 Å². The minimum atomic E-state index is 0.160. The Kier molecular flexibility index (Phi) is 4.48. The van der Waals surface area contributed by atoms with Gasteiger partial charge in [-0.05, 0) is 53.9 Å². The summed E-state index contributed by atoms with van der Waals surface area (Å²) in [4.78, 5) is 0. The topological polar surface area (TPSA) is 50.4 Å². The van der Waals surface area contributed by atoms with Gasteiger partial charge in [0, 0.05) is 0 Å². The Hall–Kier alpha value is -2.20. The van der Waals surface area contributed by atoms with Gasteiger partial charge in [0.25, 0.3) is 0 Å². The summed E-state index contributed by atoms with van der Waals surface area (Å²) < 4.78 is 0. The van der Waals surface area contributed by atoms with Gasteiger partial charge in [0.1, 0.15) is 0 Å². The number of nitrogens with two attached hydrogens (primary N) is 1. The van der Waals surface area contributed by atoms with E-state index in [1.54, 1.807) is 6.21 Å². The average molecular weight is 283 g/mol. The summed E-state index contributed by atoms with van der Waals surface area (Å²) in [7, 11) is 0. The Labute approximate surface area is 124 Å². The fraction of sp³-hybridized carbons (Fsp3) is 0.125. The zero-order chi connectivity index (χ0) is 14.5. The van der Waals surface area contributed by atoms with Gasteiger partial charge in [-0.3, -0.25) is 5.43 Å². The van der Waals surface area contributed by atoms with Gasteiger partial charge >= 0.3 is 0 Å². The quantitative estimate of drug-likeness (QED) is 0.517. The lowest BCUT2D eigenvalue weighted by molar-refractivity contribution is 1.04. The molecule has 0 aliphatic heterocycles. The molecule has 0 unspecified atom stereocenters. The summed E-state index contributed by atoms with van der Waals surface area (Å²) in [5.41, 5.74) is 13.8. The molecule has 102 valence electrons. The molecule has 0 spiro atoms. The third-order valence-corrected chi connectivity index (χ3v) is 3.23. The molecule has 2 rings (SSSR count). The number of nitrogens with zero attached hydrogens (tertiary/aromatic N) is 1. The van der Waals surface area contributed by atoms with E-state index in [1.165, 1.54) is 22.3 Å². The molecule has 0 bridgehead atoms. The van der Waals surface area contributed by atoms with Gasteiger partial charge in [-0.1, -0.05) is 42.5 Å². The number of benzene rings is 2. The van der Waals surface area contributed by atoms with Crippen LogP contribution in [0.1, 0.15) is 16.7 Å². The molecule has 3 nitrogen and oxygen atoms in total. The van der Waals surface area contributed by atoms with E-state index < -0.39 is 0 Å². The maximum atomic E-state index is 5.29. The minimum Gasteiger partial charge on any atom is -0.375 e. The van der Waals surface area contributed by atoms with Crippen molar-refractivity contribution >= 4 is 23.5 Å². The molecule has 0 radical (unpaired) electrons. The molecule has 0 atom stereocenters. The first kappa shape index (κ1) is 14.2. The van der Waals surface area contributed by atoms with Crippen molar-refractivity contribution < 1.29 is 0 Å². The molecular formula is C16H17N3S. The summed E-state index contributed by atoms with van der Waals surface area (Å²) in [5.74, 6) is 0. The van der Waals surface area contributed by atoms with Crippen LogP contribution in [0.5, 0.6) is 0 Å². The lowest BCUT2D eigenvalue weighted by Gasteiger charge is -2.06. The molecule has 2 aromatic carbocycles. The highest BCUT2D eigenvalue weighted by atomic mass is 32.1. The fourth-order valence-corrected chi connectivity index (χ4v) is 1.91. The fourth-order valence-electron chi connectivity index (χ4n) is 1.85. The summed E-state index contributed by atoms with van der Waals surface area (Å²) >= 11 is 4.67. The van der Waals surface area contributed by atoms with Crippen LogP contribution in [0.3, 0.4) is 0 Å². The predicted octanol–water partition coefficient (Wildman–Crippen LogP) is 3.14. The van der Waals surface area contributed by atoms with E-state index in [0.717, 1.165) is 5.56 Å². The Balaban J connectivity index is 2.17. The first-order valence-corrected chi connectivity index (χ1v) is 6.73. The third kappa shape index (κ3) is 3.65. The Morgan fingerprint density at radius 3 is 2.30 bits per heavy atom. The molecule has 0 saturated heterocycles. The molecule has 0 aromatic heterocycles. The van der Waals surface area contributed by atoms with E-state index in [-0.39, 0.29) is 5.11 Å². The van der Waals surface area contributed by atoms with E-state index in [9.17, 15) is 0 Å². The number of hydrazone groups is 1. The summed E-state index contributed by atoms with van der Waals surface area (Å²) in [6, 6.07) is 14.7. The maximum absolute atomic E-state index is 5.29. The molecule has 4 heteroatoms. The monoisotopic (exact) mass is 283 g/mol. The number of hydrogen-bond acceptors (Lipinski definition) is 2. The second-order valence-corrected chi connectivity index (χ2v) is 5.10. The van der Waals surface area contributed by atoms with Crippen LogP contribution in [0, 0.1) is 13.8 Å². The van der Waals surface area contributed by atoms with Crippen LogP contribution in [0.25, 0.3) is 11.1 Å². The molecule has 0 saturated carbocycles. The number of nitrogens with one attached hydrogen (secondary N) is 1. The van der Waals surface area contributed by atoms with Crippen LogP contribution in [0.2, 0.25) is 0 Å². The smallest absolute Gasteiger partial charge is 0.184 e. The Morgan fingerprint density at radius 1 is 1.05 bits per heavy atom. The standard InChI is InChI=1S/C16H17N3S/c1-11-3-6-15(9-12(11)2)14-7-4-13(5-8-14)10-18-19-16(17)20/h3-10H,1-2H3,(H3,17,19,20). The molecular weight excluding hydrogens is 266 g/mol. The molecule has 20 heavy (non-hydrogen) atoms. The Bertz CT molecular complexity index is 645. The molecule has 0 fully saturated rings. The van der Waals surface area contributed by atoms with Crippen molar-refractivity contribution in [2.75, 3.05) is 0 Å². The normalized spacial score (nSPS) is 10.7. The summed E-state index contributed by atoms with van der Waals surface area (Å²) in [5, 5.41) is 4.09. The molecule has 0 aliphatic rings. The lowest BCUT2D eigenvalue weighted by Crippen LogP contribution is -2.23. The molecule has 0 heterocycles. The molecule has 0 amide bonds. The van der Waals surface area contributed by atoms with Crippen LogP contribution in [-0.4, -0.2) is 11.3 Å². The van der Waals surface area contributed by atoms with E-state index in [2.05, 4.69) is 66.9 Å². The van der Waals surface area contributed by atoms with Crippen LogP contribution in [-0.2, 0) is 0 Å². The van der Waals surface area contributed by atoms with E-state index in [4.69, 9.17) is 5.73 Å². The van der Waals surface area contributed by atoms with E-state index >= 15 is 0 Å². The number of hydrogen-bond donors (Lipinski definition) is 2.